The maximum Gasteiger partial charge on any atom is 0.338 e. The van der Waals surface area contributed by atoms with Gasteiger partial charge in [-0.05, 0) is 54.8 Å². The van der Waals surface area contributed by atoms with Gasteiger partial charge in [-0.1, -0.05) is 18.2 Å². The smallest absolute Gasteiger partial charge is 0.338 e. The van der Waals surface area contributed by atoms with Crippen LogP contribution in [0.3, 0.4) is 0 Å². The fraction of sp³-hybridized carbons (Fsp3) is 0.263. The van der Waals surface area contributed by atoms with Gasteiger partial charge in [0.05, 0.1) is 11.3 Å². The van der Waals surface area contributed by atoms with Crippen molar-refractivity contribution in [1.29, 1.82) is 0 Å². The molecule has 0 aliphatic heterocycles. The zero-order valence-electron chi connectivity index (χ0n) is 14.9. The van der Waals surface area contributed by atoms with Crippen LogP contribution in [0.25, 0.3) is 0 Å². The van der Waals surface area contributed by atoms with Gasteiger partial charge in [0.1, 0.15) is 0 Å². The third-order valence-electron chi connectivity index (χ3n) is 3.46. The molecule has 0 saturated carbocycles. The lowest BCUT2D eigenvalue weighted by atomic mass is 10.1. The van der Waals surface area contributed by atoms with Crippen LogP contribution in [0.15, 0.2) is 42.5 Å². The number of hydrogen-bond donors (Lipinski definition) is 1. The van der Waals surface area contributed by atoms with Gasteiger partial charge >= 0.3 is 5.97 Å². The van der Waals surface area contributed by atoms with Gasteiger partial charge in [0, 0.05) is 11.9 Å². The van der Waals surface area contributed by atoms with Crippen molar-refractivity contribution in [2.75, 3.05) is 18.2 Å². The normalized spacial score (nSPS) is 11.0. The average Bonchev–Trinajstić information content (AvgIpc) is 2.50. The van der Waals surface area contributed by atoms with Crippen molar-refractivity contribution in [3.8, 4) is 0 Å². The lowest BCUT2D eigenvalue weighted by molar-refractivity contribution is -0.119. The molecule has 138 valence electrons. The zero-order chi connectivity index (χ0) is 19.3. The highest BCUT2D eigenvalue weighted by Gasteiger charge is 2.12. The summed E-state index contributed by atoms with van der Waals surface area (Å²) < 4.78 is 27.5. The van der Waals surface area contributed by atoms with Crippen molar-refractivity contribution in [3.05, 3.63) is 64.7 Å². The van der Waals surface area contributed by atoms with E-state index in [0.717, 1.165) is 17.4 Å². The van der Waals surface area contributed by atoms with Gasteiger partial charge in [-0.3, -0.25) is 4.79 Å². The number of hydrogen-bond acceptors (Lipinski definition) is 5. The summed E-state index contributed by atoms with van der Waals surface area (Å²) in [6, 6.07) is 11.7. The second-order valence-electron chi connectivity index (χ2n) is 6.27. The summed E-state index contributed by atoms with van der Waals surface area (Å²) in [5.41, 5.74) is 3.52. The van der Waals surface area contributed by atoms with E-state index in [0.29, 0.717) is 11.3 Å². The lowest BCUT2D eigenvalue weighted by Crippen LogP contribution is -2.21. The number of benzene rings is 2. The van der Waals surface area contributed by atoms with Gasteiger partial charge in [-0.25, -0.2) is 13.2 Å². The van der Waals surface area contributed by atoms with Gasteiger partial charge < -0.3 is 10.1 Å². The van der Waals surface area contributed by atoms with Crippen LogP contribution < -0.4 is 5.32 Å². The number of ether oxygens (including phenoxy) is 1. The molecule has 0 radical (unpaired) electrons. The topological polar surface area (TPSA) is 89.5 Å². The van der Waals surface area contributed by atoms with Crippen molar-refractivity contribution >= 4 is 27.4 Å². The van der Waals surface area contributed by atoms with E-state index in [9.17, 15) is 18.0 Å². The van der Waals surface area contributed by atoms with Crippen molar-refractivity contribution in [1.82, 2.24) is 0 Å². The average molecular weight is 375 g/mol. The third-order valence-corrected chi connectivity index (χ3v) is 4.32. The van der Waals surface area contributed by atoms with E-state index in [1.807, 2.05) is 32.0 Å². The summed E-state index contributed by atoms with van der Waals surface area (Å²) >= 11 is 0. The molecule has 0 aliphatic carbocycles. The molecule has 0 unspecified atom stereocenters. The maximum atomic E-state index is 12.0. The fourth-order valence-corrected chi connectivity index (χ4v) is 3.30. The second-order valence-corrected chi connectivity index (χ2v) is 8.41. The van der Waals surface area contributed by atoms with E-state index in [2.05, 4.69) is 5.32 Å². The molecule has 0 fully saturated rings. The number of anilines is 1. The highest BCUT2D eigenvalue weighted by molar-refractivity contribution is 7.89. The first-order chi connectivity index (χ1) is 12.1. The molecule has 0 saturated heterocycles. The highest BCUT2D eigenvalue weighted by Crippen LogP contribution is 2.14. The Hall–Kier alpha value is -2.67. The van der Waals surface area contributed by atoms with E-state index in [1.54, 1.807) is 12.1 Å². The van der Waals surface area contributed by atoms with Crippen molar-refractivity contribution in [2.24, 2.45) is 0 Å². The van der Waals surface area contributed by atoms with Crippen molar-refractivity contribution in [3.63, 3.8) is 0 Å². The quantitative estimate of drug-likeness (QED) is 0.784. The molecule has 0 aromatic heterocycles. The molecule has 7 heteroatoms. The number of aryl methyl sites for hydroxylation is 2. The Morgan fingerprint density at radius 1 is 1.00 bits per heavy atom. The predicted molar refractivity (Wildman–Crippen MR) is 99.8 cm³/mol. The van der Waals surface area contributed by atoms with Crippen molar-refractivity contribution in [2.45, 2.75) is 19.6 Å². The van der Waals surface area contributed by atoms with Crippen LogP contribution in [-0.4, -0.2) is 33.2 Å². The molecule has 0 atom stereocenters. The van der Waals surface area contributed by atoms with Gasteiger partial charge in [-0.2, -0.15) is 0 Å². The minimum absolute atomic E-state index is 0.0966. The second kappa shape index (κ2) is 8.14. The van der Waals surface area contributed by atoms with Gasteiger partial charge in [0.2, 0.25) is 0 Å². The minimum atomic E-state index is -3.14. The SMILES string of the molecule is Cc1cc(C)cc(NC(=O)COC(=O)c2ccc(CS(C)(=O)=O)cc2)c1. The Bertz CT molecular complexity index is 897. The van der Waals surface area contributed by atoms with Crippen LogP contribution in [-0.2, 0) is 25.1 Å². The molecule has 0 bridgehead atoms. The number of rotatable bonds is 6. The van der Waals surface area contributed by atoms with Crippen LogP contribution in [0, 0.1) is 13.8 Å². The number of amides is 1. The number of esters is 1. The Kier molecular flexibility index (Phi) is 6.15. The van der Waals surface area contributed by atoms with E-state index in [4.69, 9.17) is 4.74 Å². The Morgan fingerprint density at radius 3 is 2.12 bits per heavy atom. The standard InChI is InChI=1S/C19H21NO5S/c1-13-8-14(2)10-17(9-13)20-18(21)11-25-19(22)16-6-4-15(5-7-16)12-26(3,23)24/h4-10H,11-12H2,1-3H3,(H,20,21). The molecule has 0 aliphatic rings. The molecular weight excluding hydrogens is 354 g/mol. The highest BCUT2D eigenvalue weighted by atomic mass is 32.2. The number of sulfone groups is 1. The minimum Gasteiger partial charge on any atom is -0.452 e. The van der Waals surface area contributed by atoms with Gasteiger partial charge in [-0.15, -0.1) is 0 Å². The number of nitrogens with one attached hydrogen (secondary N) is 1. The number of carbonyl (C=O) groups excluding carboxylic acids is 2. The van der Waals surface area contributed by atoms with E-state index >= 15 is 0 Å². The van der Waals surface area contributed by atoms with Crippen LogP contribution in [0.5, 0.6) is 0 Å². The molecule has 0 spiro atoms. The van der Waals surface area contributed by atoms with E-state index < -0.39 is 28.3 Å². The first-order valence-electron chi connectivity index (χ1n) is 7.94. The molecule has 26 heavy (non-hydrogen) atoms. The molecular formula is C19H21NO5S. The lowest BCUT2D eigenvalue weighted by Gasteiger charge is -2.08. The largest absolute Gasteiger partial charge is 0.452 e. The van der Waals surface area contributed by atoms with Crippen LogP contribution in [0.4, 0.5) is 5.69 Å². The molecule has 1 amide bonds. The van der Waals surface area contributed by atoms with Crippen LogP contribution >= 0.6 is 0 Å². The molecule has 2 rings (SSSR count). The van der Waals surface area contributed by atoms with Gasteiger partial charge in [0.15, 0.2) is 16.4 Å². The summed E-state index contributed by atoms with van der Waals surface area (Å²) in [4.78, 5) is 23.9. The molecule has 1 N–H and O–H groups in total. The van der Waals surface area contributed by atoms with Gasteiger partial charge in [0.25, 0.3) is 5.91 Å². The number of carbonyl (C=O) groups is 2. The molecule has 2 aromatic carbocycles. The summed E-state index contributed by atoms with van der Waals surface area (Å²) in [6.45, 7) is 3.45. The maximum absolute atomic E-state index is 12.0. The fourth-order valence-electron chi connectivity index (χ4n) is 2.50. The first-order valence-corrected chi connectivity index (χ1v) is 10.0. The van der Waals surface area contributed by atoms with Crippen LogP contribution in [0.1, 0.15) is 27.0 Å². The molecule has 6 nitrogen and oxygen atoms in total. The molecule has 2 aromatic rings. The third kappa shape index (κ3) is 6.33. The predicted octanol–water partition coefficient (Wildman–Crippen LogP) is 2.64. The van der Waals surface area contributed by atoms with E-state index in [-0.39, 0.29) is 11.3 Å². The monoisotopic (exact) mass is 375 g/mol. The van der Waals surface area contributed by atoms with Crippen molar-refractivity contribution < 1.29 is 22.7 Å². The zero-order valence-corrected chi connectivity index (χ0v) is 15.7. The summed E-state index contributed by atoms with van der Waals surface area (Å²) in [5.74, 6) is -1.18. The Balaban J connectivity index is 1.90. The van der Waals surface area contributed by atoms with Crippen LogP contribution in [0.2, 0.25) is 0 Å². The van der Waals surface area contributed by atoms with E-state index in [1.165, 1.54) is 12.1 Å². The molecule has 0 heterocycles. The first kappa shape index (κ1) is 19.7. The summed E-state index contributed by atoms with van der Waals surface area (Å²) in [7, 11) is -3.14. The Labute approximate surface area is 153 Å². The Morgan fingerprint density at radius 2 is 1.58 bits per heavy atom. The summed E-state index contributed by atoms with van der Waals surface area (Å²) in [5, 5.41) is 2.68. The summed E-state index contributed by atoms with van der Waals surface area (Å²) in [6.07, 6.45) is 1.14.